The first-order chi connectivity index (χ1) is 10.7. The minimum Gasteiger partial charge on any atom is -0.422 e. The van der Waals surface area contributed by atoms with Gasteiger partial charge in [0.1, 0.15) is 0 Å². The van der Waals surface area contributed by atoms with E-state index in [1.807, 2.05) is 6.92 Å². The van der Waals surface area contributed by atoms with Crippen molar-refractivity contribution in [1.82, 2.24) is 0 Å². The maximum Gasteiger partial charge on any atom is 0.336 e. The van der Waals surface area contributed by atoms with Gasteiger partial charge in [0.05, 0.1) is 13.2 Å². The Morgan fingerprint density at radius 1 is 1.04 bits per heavy atom. The Hall–Kier alpha value is -1.66. The van der Waals surface area contributed by atoms with Gasteiger partial charge in [-0.15, -0.1) is 0 Å². The van der Waals surface area contributed by atoms with Crippen molar-refractivity contribution in [3.05, 3.63) is 24.3 Å². The third-order valence-corrected chi connectivity index (χ3v) is 3.51. The molecule has 0 aromatic rings. The SMILES string of the molecule is C=C(C)C(=O)OC(CC(CO)(CO)CCCC)OC(=O)C(=C)C. The molecule has 6 heteroatoms. The lowest BCUT2D eigenvalue weighted by atomic mass is 9.81. The summed E-state index contributed by atoms with van der Waals surface area (Å²) >= 11 is 0. The molecule has 0 radical (unpaired) electrons. The standard InChI is InChI=1S/C17H28O6/c1-6-7-8-17(10-18,11-19)9-14(22-15(20)12(2)3)23-16(21)13(4)5/h14,18-19H,2,4,6-11H2,1,3,5H3. The second kappa shape index (κ2) is 10.2. The Balaban J connectivity index is 5.21. The number of rotatable bonds is 11. The zero-order chi connectivity index (χ0) is 18.0. The highest BCUT2D eigenvalue weighted by molar-refractivity contribution is 5.88. The van der Waals surface area contributed by atoms with Crippen LogP contribution in [0.5, 0.6) is 0 Å². The van der Waals surface area contributed by atoms with Gasteiger partial charge < -0.3 is 19.7 Å². The molecule has 0 bridgehead atoms. The van der Waals surface area contributed by atoms with Gasteiger partial charge in [-0.25, -0.2) is 9.59 Å². The predicted octanol–water partition coefficient (Wildman–Crippen LogP) is 2.10. The number of aliphatic hydroxyl groups is 2. The lowest BCUT2D eigenvalue weighted by Gasteiger charge is -2.33. The molecule has 0 rings (SSSR count). The molecule has 6 nitrogen and oxygen atoms in total. The number of carbonyl (C=O) groups excluding carboxylic acids is 2. The van der Waals surface area contributed by atoms with Crippen LogP contribution in [0.2, 0.25) is 0 Å². The molecule has 2 N–H and O–H groups in total. The molecule has 0 atom stereocenters. The first kappa shape index (κ1) is 21.3. The summed E-state index contributed by atoms with van der Waals surface area (Å²) < 4.78 is 10.3. The van der Waals surface area contributed by atoms with Gasteiger partial charge in [-0.1, -0.05) is 32.9 Å². The molecule has 0 unspecified atom stereocenters. The predicted molar refractivity (Wildman–Crippen MR) is 86.3 cm³/mol. The lowest BCUT2D eigenvalue weighted by molar-refractivity contribution is -0.191. The number of carbonyl (C=O) groups is 2. The smallest absolute Gasteiger partial charge is 0.336 e. The summed E-state index contributed by atoms with van der Waals surface area (Å²) in [6.45, 7) is 11.3. The zero-order valence-corrected chi connectivity index (χ0v) is 14.3. The van der Waals surface area contributed by atoms with E-state index in [0.717, 1.165) is 12.8 Å². The van der Waals surface area contributed by atoms with Crippen LogP contribution < -0.4 is 0 Å². The fourth-order valence-electron chi connectivity index (χ4n) is 1.89. The third kappa shape index (κ3) is 7.43. The number of ether oxygens (including phenoxy) is 2. The molecule has 0 aromatic carbocycles. The van der Waals surface area contributed by atoms with Crippen LogP contribution in [0.25, 0.3) is 0 Å². The summed E-state index contributed by atoms with van der Waals surface area (Å²) in [6.07, 6.45) is 0.945. The molecule has 0 aliphatic heterocycles. The van der Waals surface area contributed by atoms with E-state index in [2.05, 4.69) is 13.2 Å². The number of aliphatic hydroxyl groups excluding tert-OH is 2. The molecule has 132 valence electrons. The molecular weight excluding hydrogens is 300 g/mol. The fraction of sp³-hybridized carbons (Fsp3) is 0.647. The molecule has 23 heavy (non-hydrogen) atoms. The average Bonchev–Trinajstić information content (AvgIpc) is 2.50. The summed E-state index contributed by atoms with van der Waals surface area (Å²) in [5.74, 6) is -1.41. The average molecular weight is 328 g/mol. The maximum atomic E-state index is 11.7. The van der Waals surface area contributed by atoms with Crippen molar-refractivity contribution in [1.29, 1.82) is 0 Å². The Kier molecular flexibility index (Phi) is 9.44. The topological polar surface area (TPSA) is 93.1 Å². The largest absolute Gasteiger partial charge is 0.422 e. The van der Waals surface area contributed by atoms with Crippen LogP contribution in [0.3, 0.4) is 0 Å². The molecule has 0 heterocycles. The Morgan fingerprint density at radius 2 is 1.48 bits per heavy atom. The van der Waals surface area contributed by atoms with Gasteiger partial charge in [0.15, 0.2) is 0 Å². The highest BCUT2D eigenvalue weighted by Crippen LogP contribution is 2.31. The van der Waals surface area contributed by atoms with Gasteiger partial charge >= 0.3 is 11.9 Å². The van der Waals surface area contributed by atoms with Crippen LogP contribution in [-0.4, -0.2) is 41.7 Å². The van der Waals surface area contributed by atoms with Crippen molar-refractivity contribution < 1.29 is 29.3 Å². The van der Waals surface area contributed by atoms with Crippen LogP contribution in [0.4, 0.5) is 0 Å². The Morgan fingerprint density at radius 3 is 1.78 bits per heavy atom. The monoisotopic (exact) mass is 328 g/mol. The molecule has 0 saturated heterocycles. The van der Waals surface area contributed by atoms with E-state index < -0.39 is 23.6 Å². The number of unbranched alkanes of at least 4 members (excludes halogenated alkanes) is 1. The van der Waals surface area contributed by atoms with E-state index in [1.165, 1.54) is 13.8 Å². The molecule has 0 saturated carbocycles. The number of esters is 2. The molecule has 0 aliphatic carbocycles. The zero-order valence-electron chi connectivity index (χ0n) is 14.3. The minimum atomic E-state index is -1.22. The van der Waals surface area contributed by atoms with Gasteiger partial charge in [0.2, 0.25) is 6.29 Å². The normalized spacial score (nSPS) is 11.2. The fourth-order valence-corrected chi connectivity index (χ4v) is 1.89. The molecule has 0 fully saturated rings. The quantitative estimate of drug-likeness (QED) is 0.343. The summed E-state index contributed by atoms with van der Waals surface area (Å²) in [4.78, 5) is 23.4. The first-order valence-electron chi connectivity index (χ1n) is 7.66. The van der Waals surface area contributed by atoms with Crippen molar-refractivity contribution in [2.24, 2.45) is 5.41 Å². The van der Waals surface area contributed by atoms with Crippen molar-refractivity contribution in [2.45, 2.75) is 52.7 Å². The molecule has 0 amide bonds. The van der Waals surface area contributed by atoms with Gasteiger partial charge in [-0.05, 0) is 20.3 Å². The van der Waals surface area contributed by atoms with E-state index in [0.29, 0.717) is 6.42 Å². The summed E-state index contributed by atoms with van der Waals surface area (Å²) in [6, 6.07) is 0. The lowest BCUT2D eigenvalue weighted by Crippen LogP contribution is -2.38. The molecule has 0 spiro atoms. The molecule has 0 aliphatic rings. The minimum absolute atomic E-state index is 0.00194. The number of hydrogen-bond donors (Lipinski definition) is 2. The van der Waals surface area contributed by atoms with Crippen molar-refractivity contribution >= 4 is 11.9 Å². The molecular formula is C17H28O6. The Labute approximate surface area is 137 Å². The Bertz CT molecular complexity index is 408. The third-order valence-electron chi connectivity index (χ3n) is 3.51. The highest BCUT2D eigenvalue weighted by Gasteiger charge is 2.35. The molecule has 0 aromatic heterocycles. The second-order valence-corrected chi connectivity index (χ2v) is 5.92. The highest BCUT2D eigenvalue weighted by atomic mass is 16.7. The van der Waals surface area contributed by atoms with E-state index in [-0.39, 0.29) is 30.8 Å². The van der Waals surface area contributed by atoms with Gasteiger partial charge in [0.25, 0.3) is 0 Å². The van der Waals surface area contributed by atoms with Crippen LogP contribution in [0.1, 0.15) is 46.5 Å². The van der Waals surface area contributed by atoms with Crippen LogP contribution in [-0.2, 0) is 19.1 Å². The van der Waals surface area contributed by atoms with Crippen molar-refractivity contribution in [3.63, 3.8) is 0 Å². The maximum absolute atomic E-state index is 11.7. The van der Waals surface area contributed by atoms with Gasteiger partial charge in [-0.2, -0.15) is 0 Å². The van der Waals surface area contributed by atoms with Gasteiger partial charge in [-0.3, -0.25) is 0 Å². The van der Waals surface area contributed by atoms with Crippen LogP contribution in [0.15, 0.2) is 24.3 Å². The first-order valence-corrected chi connectivity index (χ1v) is 7.66. The van der Waals surface area contributed by atoms with Crippen LogP contribution in [0, 0.1) is 5.41 Å². The summed E-state index contributed by atoms with van der Waals surface area (Å²) in [5.41, 5.74) is -0.576. The van der Waals surface area contributed by atoms with Crippen molar-refractivity contribution in [3.8, 4) is 0 Å². The van der Waals surface area contributed by atoms with Gasteiger partial charge in [0, 0.05) is 23.0 Å². The van der Waals surface area contributed by atoms with E-state index in [9.17, 15) is 19.8 Å². The second-order valence-electron chi connectivity index (χ2n) is 5.92. The summed E-state index contributed by atoms with van der Waals surface area (Å²) in [5, 5.41) is 19.3. The van der Waals surface area contributed by atoms with E-state index in [4.69, 9.17) is 9.47 Å². The van der Waals surface area contributed by atoms with E-state index in [1.54, 1.807) is 0 Å². The van der Waals surface area contributed by atoms with E-state index >= 15 is 0 Å². The summed E-state index contributed by atoms with van der Waals surface area (Å²) in [7, 11) is 0. The van der Waals surface area contributed by atoms with Crippen LogP contribution >= 0.6 is 0 Å². The van der Waals surface area contributed by atoms with Crippen molar-refractivity contribution in [2.75, 3.05) is 13.2 Å². The number of hydrogen-bond acceptors (Lipinski definition) is 6.